The van der Waals surface area contributed by atoms with E-state index in [4.69, 9.17) is 19.7 Å². The monoisotopic (exact) mass is 385 g/mol. The first kappa shape index (κ1) is 18.3. The molecule has 0 spiro atoms. The van der Waals surface area contributed by atoms with Gasteiger partial charge in [-0.15, -0.1) is 0 Å². The Morgan fingerprint density at radius 2 is 1.72 bits per heavy atom. The molecule has 0 saturated heterocycles. The molecule has 1 aromatic heterocycles. The van der Waals surface area contributed by atoms with Gasteiger partial charge in [0.05, 0.1) is 5.56 Å². The van der Waals surface area contributed by atoms with E-state index in [1.807, 2.05) is 54.6 Å². The highest BCUT2D eigenvalue weighted by Crippen LogP contribution is 2.32. The minimum absolute atomic E-state index is 0.348. The summed E-state index contributed by atoms with van der Waals surface area (Å²) < 4.78 is 16.9. The quantitative estimate of drug-likeness (QED) is 0.341. The van der Waals surface area contributed by atoms with Crippen LogP contribution in [0.5, 0.6) is 17.2 Å². The molecule has 29 heavy (non-hydrogen) atoms. The third-order valence-electron chi connectivity index (χ3n) is 4.11. The van der Waals surface area contributed by atoms with Crippen LogP contribution in [-0.4, -0.2) is 16.7 Å². The zero-order valence-corrected chi connectivity index (χ0v) is 15.6. The maximum atomic E-state index is 5.86. The van der Waals surface area contributed by atoms with E-state index >= 15 is 0 Å². The largest absolute Gasteiger partial charge is 0.489 e. The molecule has 0 unspecified atom stereocenters. The van der Waals surface area contributed by atoms with Gasteiger partial charge in [0, 0.05) is 17.3 Å². The van der Waals surface area contributed by atoms with Crippen LogP contribution in [0, 0.1) is 0 Å². The molecule has 6 nitrogen and oxygen atoms in total. The lowest BCUT2D eigenvalue weighted by Gasteiger charge is -2.08. The number of nitrogen functional groups attached to an aromatic ring is 1. The van der Waals surface area contributed by atoms with Gasteiger partial charge >= 0.3 is 0 Å². The summed E-state index contributed by atoms with van der Waals surface area (Å²) in [5.41, 5.74) is 7.92. The number of nitrogens with zero attached hydrogens (tertiary/aromatic N) is 2. The summed E-state index contributed by atoms with van der Waals surface area (Å²) in [5, 5.41) is 4.09. The highest BCUT2D eigenvalue weighted by Gasteiger charge is 2.15. The number of ether oxygens (including phenoxy) is 2. The van der Waals surface area contributed by atoms with Crippen molar-refractivity contribution in [1.29, 1.82) is 0 Å². The molecule has 0 aliphatic heterocycles. The molecule has 0 amide bonds. The van der Waals surface area contributed by atoms with Crippen LogP contribution in [-0.2, 0) is 0 Å². The minimum atomic E-state index is 0.348. The highest BCUT2D eigenvalue weighted by atomic mass is 16.5. The molecule has 0 atom stereocenters. The molecule has 4 rings (SSSR count). The smallest absolute Gasteiger partial charge is 0.262 e. The van der Waals surface area contributed by atoms with Crippen LogP contribution in [0.1, 0.15) is 0 Å². The summed E-state index contributed by atoms with van der Waals surface area (Å²) in [6.45, 7) is 4.01. The van der Waals surface area contributed by atoms with Crippen molar-refractivity contribution < 1.29 is 14.0 Å². The van der Waals surface area contributed by atoms with Crippen molar-refractivity contribution in [2.24, 2.45) is 0 Å². The Bertz CT molecular complexity index is 1110. The number of para-hydroxylation sites is 1. The first-order chi connectivity index (χ1) is 14.2. The van der Waals surface area contributed by atoms with Crippen molar-refractivity contribution in [3.05, 3.63) is 85.5 Å². The first-order valence-corrected chi connectivity index (χ1v) is 9.03. The fourth-order valence-electron chi connectivity index (χ4n) is 2.73. The van der Waals surface area contributed by atoms with Crippen LogP contribution in [0.2, 0.25) is 0 Å². The van der Waals surface area contributed by atoms with Crippen molar-refractivity contribution in [3.8, 4) is 40.1 Å². The maximum absolute atomic E-state index is 5.86. The Kier molecular flexibility index (Phi) is 5.25. The van der Waals surface area contributed by atoms with Crippen LogP contribution in [0.25, 0.3) is 22.8 Å². The van der Waals surface area contributed by atoms with Crippen LogP contribution in [0.3, 0.4) is 0 Å². The standard InChI is InChI=1S/C23H19N3O3/c1-2-14-27-21-15-17(24)10-13-20(21)23-25-22(26-29-23)16-8-11-19(12-9-16)28-18-6-4-3-5-7-18/h2-13,15H,1,14,24H2. The van der Waals surface area contributed by atoms with E-state index in [0.29, 0.717) is 35.3 Å². The van der Waals surface area contributed by atoms with Crippen LogP contribution < -0.4 is 15.2 Å². The van der Waals surface area contributed by atoms with Gasteiger partial charge in [0.1, 0.15) is 23.9 Å². The Morgan fingerprint density at radius 3 is 2.48 bits per heavy atom. The van der Waals surface area contributed by atoms with Gasteiger partial charge in [0.2, 0.25) is 5.82 Å². The fourth-order valence-corrected chi connectivity index (χ4v) is 2.73. The molecular weight excluding hydrogens is 366 g/mol. The summed E-state index contributed by atoms with van der Waals surface area (Å²) in [7, 11) is 0. The lowest BCUT2D eigenvalue weighted by atomic mass is 10.1. The van der Waals surface area contributed by atoms with Crippen LogP contribution >= 0.6 is 0 Å². The Morgan fingerprint density at radius 1 is 0.966 bits per heavy atom. The Balaban J connectivity index is 1.56. The molecular formula is C23H19N3O3. The molecule has 6 heteroatoms. The lowest BCUT2D eigenvalue weighted by Crippen LogP contribution is -1.97. The molecule has 1 heterocycles. The molecule has 3 aromatic carbocycles. The predicted molar refractivity (Wildman–Crippen MR) is 112 cm³/mol. The number of aromatic nitrogens is 2. The third kappa shape index (κ3) is 4.27. The first-order valence-electron chi connectivity index (χ1n) is 9.03. The summed E-state index contributed by atoms with van der Waals surface area (Å²) >= 11 is 0. The fraction of sp³-hybridized carbons (Fsp3) is 0.0435. The van der Waals surface area contributed by atoms with E-state index in [2.05, 4.69) is 16.7 Å². The lowest BCUT2D eigenvalue weighted by molar-refractivity contribution is 0.361. The molecule has 2 N–H and O–H groups in total. The molecule has 0 bridgehead atoms. The summed E-state index contributed by atoms with van der Waals surface area (Å²) in [5.74, 6) is 2.88. The molecule has 0 aliphatic rings. The SMILES string of the molecule is C=CCOc1cc(N)ccc1-c1nc(-c2ccc(Oc3ccccc3)cc2)no1. The van der Waals surface area contributed by atoms with Gasteiger partial charge in [-0.2, -0.15) is 4.98 Å². The molecule has 0 aliphatic carbocycles. The average Bonchev–Trinajstić information content (AvgIpc) is 3.23. The summed E-state index contributed by atoms with van der Waals surface area (Å²) in [6.07, 6.45) is 1.66. The van der Waals surface area contributed by atoms with E-state index in [1.54, 1.807) is 24.3 Å². The molecule has 0 radical (unpaired) electrons. The van der Waals surface area contributed by atoms with Crippen molar-refractivity contribution in [2.75, 3.05) is 12.3 Å². The topological polar surface area (TPSA) is 83.4 Å². The zero-order valence-electron chi connectivity index (χ0n) is 15.6. The van der Waals surface area contributed by atoms with Gasteiger partial charge in [-0.3, -0.25) is 0 Å². The van der Waals surface area contributed by atoms with Crippen molar-refractivity contribution >= 4 is 5.69 Å². The van der Waals surface area contributed by atoms with Crippen molar-refractivity contribution in [2.45, 2.75) is 0 Å². The second-order valence-corrected chi connectivity index (χ2v) is 6.22. The zero-order chi connectivity index (χ0) is 20.1. The number of benzene rings is 3. The average molecular weight is 385 g/mol. The van der Waals surface area contributed by atoms with Crippen molar-refractivity contribution in [1.82, 2.24) is 10.1 Å². The Labute approximate surface area is 168 Å². The second-order valence-electron chi connectivity index (χ2n) is 6.22. The van der Waals surface area contributed by atoms with Crippen LogP contribution in [0.4, 0.5) is 5.69 Å². The van der Waals surface area contributed by atoms with Gasteiger partial charge in [-0.05, 0) is 48.5 Å². The molecule has 0 fully saturated rings. The number of hydrogen-bond acceptors (Lipinski definition) is 6. The number of rotatable bonds is 7. The maximum Gasteiger partial charge on any atom is 0.262 e. The number of nitrogens with two attached hydrogens (primary N) is 1. The minimum Gasteiger partial charge on any atom is -0.489 e. The summed E-state index contributed by atoms with van der Waals surface area (Å²) in [6, 6.07) is 22.4. The van der Waals surface area contributed by atoms with Crippen LogP contribution in [0.15, 0.2) is 90.0 Å². The van der Waals surface area contributed by atoms with Gasteiger partial charge in [-0.1, -0.05) is 36.0 Å². The van der Waals surface area contributed by atoms with Gasteiger partial charge in [-0.25, -0.2) is 0 Å². The highest BCUT2D eigenvalue weighted by molar-refractivity contribution is 5.68. The summed E-state index contributed by atoms with van der Waals surface area (Å²) in [4.78, 5) is 4.50. The van der Waals surface area contributed by atoms with E-state index < -0.39 is 0 Å². The van der Waals surface area contributed by atoms with Gasteiger partial charge in [0.25, 0.3) is 5.89 Å². The van der Waals surface area contributed by atoms with E-state index in [-0.39, 0.29) is 0 Å². The second kappa shape index (κ2) is 8.31. The van der Waals surface area contributed by atoms with E-state index in [1.165, 1.54) is 0 Å². The molecule has 4 aromatic rings. The normalized spacial score (nSPS) is 10.5. The molecule has 144 valence electrons. The molecule has 0 saturated carbocycles. The van der Waals surface area contributed by atoms with Gasteiger partial charge < -0.3 is 19.7 Å². The number of hydrogen-bond donors (Lipinski definition) is 1. The number of anilines is 1. The predicted octanol–water partition coefficient (Wildman–Crippen LogP) is 5.34. The Hall–Kier alpha value is -4.06. The van der Waals surface area contributed by atoms with E-state index in [9.17, 15) is 0 Å². The van der Waals surface area contributed by atoms with Crippen molar-refractivity contribution in [3.63, 3.8) is 0 Å². The third-order valence-corrected chi connectivity index (χ3v) is 4.11. The van der Waals surface area contributed by atoms with Gasteiger partial charge in [0.15, 0.2) is 0 Å². The van der Waals surface area contributed by atoms with E-state index in [0.717, 1.165) is 17.1 Å².